The van der Waals surface area contributed by atoms with Gasteiger partial charge >= 0.3 is 5.69 Å². The van der Waals surface area contributed by atoms with Crippen LogP contribution in [0.25, 0.3) is 16.7 Å². The third-order valence-corrected chi connectivity index (χ3v) is 6.93. The summed E-state index contributed by atoms with van der Waals surface area (Å²) in [6, 6.07) is 12.7. The fraction of sp³-hybridized carbons (Fsp3) is 0.308. The average molecular weight is 489 g/mol. The molecule has 1 saturated carbocycles. The number of aromatic amines is 1. The van der Waals surface area contributed by atoms with Gasteiger partial charge in [-0.1, -0.05) is 12.1 Å². The summed E-state index contributed by atoms with van der Waals surface area (Å²) < 4.78 is 8.66. The van der Waals surface area contributed by atoms with Crippen LogP contribution in [0.4, 0.5) is 5.69 Å². The Morgan fingerprint density at radius 2 is 1.92 bits per heavy atom. The molecule has 4 N–H and O–H groups in total. The fourth-order valence-corrected chi connectivity index (χ4v) is 5.01. The summed E-state index contributed by atoms with van der Waals surface area (Å²) in [5, 5.41) is 7.22. The molecule has 2 aromatic carbocycles. The summed E-state index contributed by atoms with van der Waals surface area (Å²) in [6.45, 7) is 1.95. The number of nitrogens with two attached hydrogens (primary N) is 1. The number of fused-ring (bicyclic) bond motifs is 1. The molecule has 10 nitrogen and oxygen atoms in total. The second kappa shape index (κ2) is 9.37. The molecule has 0 aliphatic heterocycles. The van der Waals surface area contributed by atoms with E-state index >= 15 is 0 Å². The van der Waals surface area contributed by atoms with Gasteiger partial charge in [0.2, 0.25) is 5.91 Å². The quantitative estimate of drug-likeness (QED) is 0.382. The van der Waals surface area contributed by atoms with Crippen LogP contribution in [0.15, 0.2) is 53.5 Å². The summed E-state index contributed by atoms with van der Waals surface area (Å²) in [5.41, 5.74) is 9.02. The number of rotatable bonds is 6. The van der Waals surface area contributed by atoms with E-state index in [4.69, 9.17) is 10.5 Å². The van der Waals surface area contributed by atoms with Gasteiger partial charge in [-0.3, -0.25) is 14.2 Å². The standard InChI is InChI=1S/C26H28N6O4/c1-15-6-9-17(14-22(15)36-2)28-25(34)16-7-10-18(11-8-16)32-21-5-3-4-20(23(21)29-26(32)35)31-13-12-19(30-31)24(27)33/h3-6,9,12-14,16,18H,7-8,10-11H2,1-2H3,(H2,27,33)(H,28,34)(H,29,35). The minimum atomic E-state index is -0.616. The third kappa shape index (κ3) is 4.26. The van der Waals surface area contributed by atoms with Crippen molar-refractivity contribution in [2.24, 2.45) is 11.7 Å². The smallest absolute Gasteiger partial charge is 0.326 e. The minimum absolute atomic E-state index is 0.0168. The molecule has 0 atom stereocenters. The largest absolute Gasteiger partial charge is 0.496 e. The van der Waals surface area contributed by atoms with E-state index in [1.54, 1.807) is 17.9 Å². The highest BCUT2D eigenvalue weighted by atomic mass is 16.5. The fourth-order valence-electron chi connectivity index (χ4n) is 5.01. The maximum atomic E-state index is 13.0. The van der Waals surface area contributed by atoms with E-state index < -0.39 is 5.91 Å². The highest BCUT2D eigenvalue weighted by molar-refractivity contribution is 5.93. The lowest BCUT2D eigenvalue weighted by atomic mass is 9.85. The number of anilines is 1. The Bertz CT molecular complexity index is 1510. The zero-order valence-electron chi connectivity index (χ0n) is 20.2. The number of nitrogens with one attached hydrogen (secondary N) is 2. The van der Waals surface area contributed by atoms with Crippen LogP contribution in [0.3, 0.4) is 0 Å². The van der Waals surface area contributed by atoms with Gasteiger partial charge in [0.1, 0.15) is 11.4 Å². The van der Waals surface area contributed by atoms with Crippen LogP contribution in [0.1, 0.15) is 47.8 Å². The molecule has 2 aromatic heterocycles. The Labute approximate surface area is 207 Å². The molecular formula is C26H28N6O4. The van der Waals surface area contributed by atoms with Crippen LogP contribution >= 0.6 is 0 Å². The van der Waals surface area contributed by atoms with Crippen LogP contribution < -0.4 is 21.5 Å². The van der Waals surface area contributed by atoms with Crippen molar-refractivity contribution < 1.29 is 14.3 Å². The Kier molecular flexibility index (Phi) is 6.09. The number of primary amides is 1. The average Bonchev–Trinajstić information content (AvgIpc) is 3.49. The molecule has 10 heteroatoms. The maximum Gasteiger partial charge on any atom is 0.326 e. The topological polar surface area (TPSA) is 137 Å². The van der Waals surface area contributed by atoms with Crippen LogP contribution in [-0.2, 0) is 4.79 Å². The number of H-pyrrole nitrogens is 1. The molecule has 0 saturated heterocycles. The molecule has 2 heterocycles. The van der Waals surface area contributed by atoms with Crippen LogP contribution in [0.5, 0.6) is 5.75 Å². The highest BCUT2D eigenvalue weighted by Crippen LogP contribution is 2.34. The van der Waals surface area contributed by atoms with Gasteiger partial charge in [-0.05, 0) is 62.4 Å². The minimum Gasteiger partial charge on any atom is -0.496 e. The molecule has 1 aliphatic carbocycles. The summed E-state index contributed by atoms with van der Waals surface area (Å²) in [4.78, 5) is 40.3. The number of hydrogen-bond acceptors (Lipinski definition) is 5. The van der Waals surface area contributed by atoms with E-state index in [0.717, 1.165) is 16.8 Å². The summed E-state index contributed by atoms with van der Waals surface area (Å²) in [5.74, 6) is -0.0250. The Morgan fingerprint density at radius 1 is 1.14 bits per heavy atom. The first kappa shape index (κ1) is 23.4. The number of nitrogens with zero attached hydrogens (tertiary/aromatic N) is 3. The van der Waals surface area contributed by atoms with Crippen molar-refractivity contribution in [1.82, 2.24) is 19.3 Å². The van der Waals surface area contributed by atoms with Gasteiger partial charge in [0.15, 0.2) is 0 Å². The van der Waals surface area contributed by atoms with E-state index in [9.17, 15) is 14.4 Å². The number of aryl methyl sites for hydroxylation is 1. The van der Waals surface area contributed by atoms with Crippen LogP contribution in [0, 0.1) is 12.8 Å². The van der Waals surface area contributed by atoms with Gasteiger partial charge in [0, 0.05) is 29.9 Å². The van der Waals surface area contributed by atoms with Gasteiger partial charge in [-0.15, -0.1) is 0 Å². The zero-order valence-corrected chi connectivity index (χ0v) is 20.2. The summed E-state index contributed by atoms with van der Waals surface area (Å²) in [6.07, 6.45) is 4.41. The van der Waals surface area contributed by atoms with E-state index in [2.05, 4.69) is 15.4 Å². The van der Waals surface area contributed by atoms with Crippen molar-refractivity contribution in [3.8, 4) is 11.4 Å². The van der Waals surface area contributed by atoms with Gasteiger partial charge in [-0.2, -0.15) is 5.10 Å². The van der Waals surface area contributed by atoms with Crippen molar-refractivity contribution in [2.75, 3.05) is 12.4 Å². The molecule has 1 aliphatic rings. The van der Waals surface area contributed by atoms with Gasteiger partial charge in [0.05, 0.1) is 23.8 Å². The van der Waals surface area contributed by atoms with Crippen molar-refractivity contribution in [3.05, 3.63) is 70.4 Å². The number of imidazole rings is 1. The number of benzene rings is 2. The van der Waals surface area contributed by atoms with E-state index in [1.165, 1.54) is 10.7 Å². The Morgan fingerprint density at radius 3 is 2.61 bits per heavy atom. The first-order chi connectivity index (χ1) is 17.4. The van der Waals surface area contributed by atoms with Gasteiger partial charge < -0.3 is 20.8 Å². The molecule has 0 radical (unpaired) electrons. The van der Waals surface area contributed by atoms with E-state index in [0.29, 0.717) is 42.6 Å². The van der Waals surface area contributed by atoms with Crippen molar-refractivity contribution >= 4 is 28.5 Å². The molecule has 186 valence electrons. The molecule has 2 amide bonds. The number of carbonyl (C=O) groups excluding carboxylic acids is 2. The number of ether oxygens (including phenoxy) is 1. The highest BCUT2D eigenvalue weighted by Gasteiger charge is 2.29. The number of hydrogen-bond donors (Lipinski definition) is 3. The predicted molar refractivity (Wildman–Crippen MR) is 136 cm³/mol. The molecular weight excluding hydrogens is 460 g/mol. The van der Waals surface area contributed by atoms with Gasteiger partial charge in [0.25, 0.3) is 5.91 Å². The van der Waals surface area contributed by atoms with Crippen LogP contribution in [-0.4, -0.2) is 38.3 Å². The van der Waals surface area contributed by atoms with Gasteiger partial charge in [-0.25, -0.2) is 9.48 Å². The second-order valence-electron chi connectivity index (χ2n) is 9.16. The number of para-hydroxylation sites is 1. The summed E-state index contributed by atoms with van der Waals surface area (Å²) in [7, 11) is 1.61. The Balaban J connectivity index is 1.33. The first-order valence-corrected chi connectivity index (χ1v) is 11.9. The monoisotopic (exact) mass is 488 g/mol. The van der Waals surface area contributed by atoms with E-state index in [-0.39, 0.29) is 29.3 Å². The number of carbonyl (C=O) groups is 2. The number of amides is 2. The molecule has 0 bridgehead atoms. The molecule has 0 spiro atoms. The molecule has 1 fully saturated rings. The SMILES string of the molecule is COc1cc(NC(=O)C2CCC(n3c(=O)[nH]c4c(-n5ccc(C(N)=O)n5)cccc43)CC2)ccc1C. The molecule has 5 rings (SSSR count). The van der Waals surface area contributed by atoms with E-state index in [1.807, 2.05) is 43.3 Å². The summed E-state index contributed by atoms with van der Waals surface area (Å²) >= 11 is 0. The Hall–Kier alpha value is -4.34. The third-order valence-electron chi connectivity index (χ3n) is 6.93. The first-order valence-electron chi connectivity index (χ1n) is 11.9. The second-order valence-corrected chi connectivity index (χ2v) is 9.16. The normalized spacial score (nSPS) is 17.7. The lowest BCUT2D eigenvalue weighted by molar-refractivity contribution is -0.121. The van der Waals surface area contributed by atoms with Crippen LogP contribution in [0.2, 0.25) is 0 Å². The number of methoxy groups -OCH3 is 1. The number of aromatic nitrogens is 4. The van der Waals surface area contributed by atoms with Crippen molar-refractivity contribution in [3.63, 3.8) is 0 Å². The maximum absolute atomic E-state index is 13.0. The molecule has 36 heavy (non-hydrogen) atoms. The zero-order chi connectivity index (χ0) is 25.4. The lowest BCUT2D eigenvalue weighted by Gasteiger charge is -2.28. The van der Waals surface area contributed by atoms with Crippen molar-refractivity contribution in [2.45, 2.75) is 38.6 Å². The predicted octanol–water partition coefficient (Wildman–Crippen LogP) is 3.30. The molecule has 4 aromatic rings. The lowest BCUT2D eigenvalue weighted by Crippen LogP contribution is -2.31. The molecule has 0 unspecified atom stereocenters. The van der Waals surface area contributed by atoms with Crippen molar-refractivity contribution in [1.29, 1.82) is 0 Å².